The molecule has 0 spiro atoms. The van der Waals surface area contributed by atoms with E-state index >= 15 is 0 Å². The molecular formula is C22H25N5OS. The van der Waals surface area contributed by atoms with Crippen molar-refractivity contribution in [1.82, 2.24) is 14.8 Å². The third-order valence-corrected chi connectivity index (χ3v) is 6.03. The molecule has 0 radical (unpaired) electrons. The van der Waals surface area contributed by atoms with Crippen LogP contribution in [0, 0.1) is 6.92 Å². The molecule has 1 unspecified atom stereocenters. The Hall–Kier alpha value is -2.80. The minimum Gasteiger partial charge on any atom is -0.341 e. The van der Waals surface area contributed by atoms with Crippen molar-refractivity contribution >= 4 is 29.3 Å². The van der Waals surface area contributed by atoms with Gasteiger partial charge in [-0.05, 0) is 51.0 Å². The van der Waals surface area contributed by atoms with E-state index in [4.69, 9.17) is 0 Å². The van der Waals surface area contributed by atoms with E-state index in [2.05, 4.69) is 56.2 Å². The topological polar surface area (TPSA) is 63.1 Å². The average molecular weight is 408 g/mol. The van der Waals surface area contributed by atoms with Gasteiger partial charge in [-0.25, -0.2) is 0 Å². The van der Waals surface area contributed by atoms with Crippen molar-refractivity contribution in [2.24, 2.45) is 0 Å². The molecule has 0 bridgehead atoms. The number of benzene rings is 2. The van der Waals surface area contributed by atoms with Crippen molar-refractivity contribution in [2.75, 3.05) is 23.3 Å². The summed E-state index contributed by atoms with van der Waals surface area (Å²) in [5.74, 6) is 0.798. The number of amides is 1. The molecule has 29 heavy (non-hydrogen) atoms. The summed E-state index contributed by atoms with van der Waals surface area (Å²) >= 11 is 1.43. The van der Waals surface area contributed by atoms with Crippen LogP contribution in [0.4, 0.5) is 11.6 Å². The van der Waals surface area contributed by atoms with E-state index in [1.54, 1.807) is 0 Å². The van der Waals surface area contributed by atoms with Gasteiger partial charge in [-0.3, -0.25) is 9.36 Å². The lowest BCUT2D eigenvalue weighted by Gasteiger charge is -2.19. The van der Waals surface area contributed by atoms with Crippen LogP contribution in [0.25, 0.3) is 5.69 Å². The summed E-state index contributed by atoms with van der Waals surface area (Å²) in [6, 6.07) is 17.8. The van der Waals surface area contributed by atoms with Crippen LogP contribution >= 0.6 is 11.8 Å². The predicted molar refractivity (Wildman–Crippen MR) is 118 cm³/mol. The highest BCUT2D eigenvalue weighted by Gasteiger charge is 2.25. The first-order valence-corrected chi connectivity index (χ1v) is 10.8. The molecule has 1 fully saturated rings. The van der Waals surface area contributed by atoms with Gasteiger partial charge in [0.1, 0.15) is 0 Å². The number of thioether (sulfide) groups is 1. The lowest BCUT2D eigenvalue weighted by molar-refractivity contribution is -0.115. The molecule has 0 saturated carbocycles. The van der Waals surface area contributed by atoms with Crippen molar-refractivity contribution in [3.05, 3.63) is 60.2 Å². The van der Waals surface area contributed by atoms with E-state index in [0.717, 1.165) is 35.6 Å². The molecule has 7 heteroatoms. The molecule has 6 nitrogen and oxygen atoms in total. The number of hydrogen-bond acceptors (Lipinski definition) is 5. The van der Waals surface area contributed by atoms with Gasteiger partial charge in [0.05, 0.1) is 10.9 Å². The lowest BCUT2D eigenvalue weighted by atomic mass is 10.2. The van der Waals surface area contributed by atoms with Crippen molar-refractivity contribution in [3.8, 4) is 5.69 Å². The Kier molecular flexibility index (Phi) is 5.85. The number of carbonyl (C=O) groups excluding carboxylic acids is 1. The number of nitrogens with one attached hydrogen (secondary N) is 1. The minimum absolute atomic E-state index is 0.0534. The number of anilines is 2. The van der Waals surface area contributed by atoms with Crippen LogP contribution in [0.2, 0.25) is 0 Å². The molecule has 3 aromatic rings. The van der Waals surface area contributed by atoms with Crippen LogP contribution in [0.15, 0.2) is 59.8 Å². The zero-order chi connectivity index (χ0) is 20.2. The number of carbonyl (C=O) groups is 1. The summed E-state index contributed by atoms with van der Waals surface area (Å²) in [5.41, 5.74) is 3.01. The van der Waals surface area contributed by atoms with Crippen LogP contribution < -0.4 is 10.2 Å². The van der Waals surface area contributed by atoms with Crippen LogP contribution in [-0.2, 0) is 4.79 Å². The highest BCUT2D eigenvalue weighted by molar-refractivity contribution is 8.00. The van der Waals surface area contributed by atoms with E-state index in [9.17, 15) is 4.79 Å². The molecule has 1 N–H and O–H groups in total. The van der Waals surface area contributed by atoms with Gasteiger partial charge < -0.3 is 10.2 Å². The second-order valence-electron chi connectivity index (χ2n) is 7.26. The Morgan fingerprint density at radius 2 is 1.72 bits per heavy atom. The van der Waals surface area contributed by atoms with Gasteiger partial charge in [0, 0.05) is 18.8 Å². The normalized spacial score (nSPS) is 14.8. The Bertz CT molecular complexity index is 965. The standard InChI is InChI=1S/C22H25N5OS/c1-16-10-12-19(13-11-16)27-21(26-14-6-7-15-26)24-25-22(27)29-17(2)20(28)23-18-8-4-3-5-9-18/h3-5,8-13,17H,6-7,14-15H2,1-2H3,(H,23,28). The predicted octanol–water partition coefficient (Wildman–Crippen LogP) is 4.30. The molecular weight excluding hydrogens is 382 g/mol. The number of hydrogen-bond donors (Lipinski definition) is 1. The zero-order valence-electron chi connectivity index (χ0n) is 16.7. The smallest absolute Gasteiger partial charge is 0.237 e. The molecule has 1 amide bonds. The molecule has 4 rings (SSSR count). The summed E-state index contributed by atoms with van der Waals surface area (Å²) in [7, 11) is 0. The van der Waals surface area contributed by atoms with Crippen molar-refractivity contribution in [1.29, 1.82) is 0 Å². The van der Waals surface area contributed by atoms with Crippen molar-refractivity contribution < 1.29 is 4.79 Å². The maximum atomic E-state index is 12.7. The van der Waals surface area contributed by atoms with Crippen LogP contribution in [0.1, 0.15) is 25.3 Å². The zero-order valence-corrected chi connectivity index (χ0v) is 17.5. The number of aromatic nitrogens is 3. The van der Waals surface area contributed by atoms with Crippen LogP contribution in [-0.4, -0.2) is 39.0 Å². The Labute approximate surface area is 175 Å². The third-order valence-electron chi connectivity index (χ3n) is 4.99. The Balaban J connectivity index is 1.59. The van der Waals surface area contributed by atoms with Crippen molar-refractivity contribution in [2.45, 2.75) is 37.1 Å². The van der Waals surface area contributed by atoms with Crippen LogP contribution in [0.3, 0.4) is 0 Å². The van der Waals surface area contributed by atoms with E-state index in [1.165, 1.54) is 30.2 Å². The minimum atomic E-state index is -0.310. The maximum Gasteiger partial charge on any atom is 0.237 e. The van der Waals surface area contributed by atoms with E-state index in [1.807, 2.05) is 37.3 Å². The van der Waals surface area contributed by atoms with E-state index in [0.29, 0.717) is 0 Å². The average Bonchev–Trinajstić information content (AvgIpc) is 3.39. The molecule has 2 aromatic carbocycles. The fourth-order valence-electron chi connectivity index (χ4n) is 3.36. The van der Waals surface area contributed by atoms with Gasteiger partial charge in [-0.15, -0.1) is 10.2 Å². The van der Waals surface area contributed by atoms with Crippen LogP contribution in [0.5, 0.6) is 0 Å². The SMILES string of the molecule is Cc1ccc(-n2c(SC(C)C(=O)Nc3ccccc3)nnc2N2CCCC2)cc1. The second kappa shape index (κ2) is 8.69. The monoisotopic (exact) mass is 407 g/mol. The Morgan fingerprint density at radius 1 is 1.03 bits per heavy atom. The van der Waals surface area contributed by atoms with Gasteiger partial charge in [0.15, 0.2) is 5.16 Å². The molecule has 1 aliphatic heterocycles. The molecule has 1 saturated heterocycles. The molecule has 2 heterocycles. The van der Waals surface area contributed by atoms with E-state index < -0.39 is 0 Å². The fraction of sp³-hybridized carbons (Fsp3) is 0.318. The molecule has 1 aliphatic rings. The second-order valence-corrected chi connectivity index (χ2v) is 8.57. The molecule has 150 valence electrons. The highest BCUT2D eigenvalue weighted by Crippen LogP contribution is 2.31. The fourth-order valence-corrected chi connectivity index (χ4v) is 4.22. The maximum absolute atomic E-state index is 12.7. The van der Waals surface area contributed by atoms with E-state index in [-0.39, 0.29) is 11.2 Å². The largest absolute Gasteiger partial charge is 0.341 e. The summed E-state index contributed by atoms with van der Waals surface area (Å²) in [6.07, 6.45) is 2.33. The van der Waals surface area contributed by atoms with Gasteiger partial charge in [0.2, 0.25) is 11.9 Å². The first kappa shape index (κ1) is 19.5. The third kappa shape index (κ3) is 4.45. The van der Waals surface area contributed by atoms with Crippen molar-refractivity contribution in [3.63, 3.8) is 0 Å². The summed E-state index contributed by atoms with van der Waals surface area (Å²) in [5, 5.41) is 12.3. The summed E-state index contributed by atoms with van der Waals surface area (Å²) in [4.78, 5) is 14.9. The quantitative estimate of drug-likeness (QED) is 0.618. The number of para-hydroxylation sites is 1. The molecule has 1 aromatic heterocycles. The van der Waals surface area contributed by atoms with Gasteiger partial charge in [-0.2, -0.15) is 0 Å². The van der Waals surface area contributed by atoms with Gasteiger partial charge in [0.25, 0.3) is 0 Å². The lowest BCUT2D eigenvalue weighted by Crippen LogP contribution is -2.24. The highest BCUT2D eigenvalue weighted by atomic mass is 32.2. The first-order chi connectivity index (χ1) is 14.1. The number of rotatable bonds is 6. The summed E-state index contributed by atoms with van der Waals surface area (Å²) < 4.78 is 2.07. The summed E-state index contributed by atoms with van der Waals surface area (Å²) in [6.45, 7) is 5.94. The first-order valence-electron chi connectivity index (χ1n) is 9.92. The van der Waals surface area contributed by atoms with Gasteiger partial charge >= 0.3 is 0 Å². The number of nitrogens with zero attached hydrogens (tertiary/aromatic N) is 4. The molecule has 1 atom stereocenters. The van der Waals surface area contributed by atoms with Gasteiger partial charge in [-0.1, -0.05) is 47.7 Å². The number of aryl methyl sites for hydroxylation is 1. The Morgan fingerprint density at radius 3 is 2.41 bits per heavy atom. The molecule has 0 aliphatic carbocycles.